The molecule has 0 radical (unpaired) electrons. The molecule has 32 heavy (non-hydrogen) atoms. The van der Waals surface area contributed by atoms with Crippen molar-refractivity contribution in [1.29, 1.82) is 0 Å². The van der Waals surface area contributed by atoms with Gasteiger partial charge in [-0.3, -0.25) is 14.9 Å². The number of anilines is 2. The number of carbonyl (C=O) groups excluding carboxylic acids is 2. The van der Waals surface area contributed by atoms with Crippen molar-refractivity contribution in [2.75, 3.05) is 17.2 Å². The summed E-state index contributed by atoms with van der Waals surface area (Å²) in [4.78, 5) is 24.4. The average Bonchev–Trinajstić information content (AvgIpc) is 2.69. The van der Waals surface area contributed by atoms with Crippen LogP contribution in [0.2, 0.25) is 0 Å². The second kappa shape index (κ2) is 12.6. The lowest BCUT2D eigenvalue weighted by atomic mass is 10.1. The molecule has 0 saturated carbocycles. The van der Waals surface area contributed by atoms with Crippen LogP contribution in [-0.4, -0.2) is 23.5 Å². The van der Waals surface area contributed by atoms with E-state index in [0.717, 1.165) is 6.42 Å². The summed E-state index contributed by atoms with van der Waals surface area (Å²) in [7, 11) is 0. The molecule has 0 aromatic heterocycles. The van der Waals surface area contributed by atoms with Crippen LogP contribution >= 0.6 is 28.1 Å². The number of carbonyl (C=O) groups is 2. The Bertz CT molecular complexity index is 946. The van der Waals surface area contributed by atoms with Crippen molar-refractivity contribution in [3.63, 3.8) is 0 Å². The summed E-state index contributed by atoms with van der Waals surface area (Å²) < 4.78 is 6.46. The predicted molar refractivity (Wildman–Crippen MR) is 137 cm³/mol. The van der Waals surface area contributed by atoms with Crippen LogP contribution in [0.15, 0.2) is 46.9 Å². The Balaban J connectivity index is 1.87. The molecular formula is C24H30BrN3O3S. The molecule has 0 aliphatic carbocycles. The fourth-order valence-corrected chi connectivity index (χ4v) is 3.42. The number of hydrogen-bond donors (Lipinski definition) is 3. The summed E-state index contributed by atoms with van der Waals surface area (Å²) in [5, 5.41) is 8.67. The monoisotopic (exact) mass is 519 g/mol. The molecule has 2 aromatic carbocycles. The smallest absolute Gasteiger partial charge is 0.257 e. The van der Waals surface area contributed by atoms with Gasteiger partial charge in [-0.1, -0.05) is 27.7 Å². The number of rotatable bonds is 9. The zero-order chi connectivity index (χ0) is 23.7. The van der Waals surface area contributed by atoms with Gasteiger partial charge in [0.05, 0.1) is 11.1 Å². The number of ether oxygens (including phenoxy) is 1. The highest BCUT2D eigenvalue weighted by molar-refractivity contribution is 9.10. The normalized spacial score (nSPS) is 10.7. The molecule has 0 bridgehead atoms. The Morgan fingerprint density at radius 2 is 1.59 bits per heavy atom. The van der Waals surface area contributed by atoms with E-state index in [1.165, 1.54) is 0 Å². The van der Waals surface area contributed by atoms with Gasteiger partial charge < -0.3 is 15.4 Å². The van der Waals surface area contributed by atoms with Crippen molar-refractivity contribution in [3.8, 4) is 5.75 Å². The molecule has 0 heterocycles. The fourth-order valence-electron chi connectivity index (χ4n) is 2.72. The van der Waals surface area contributed by atoms with E-state index in [2.05, 4.69) is 45.7 Å². The van der Waals surface area contributed by atoms with E-state index in [0.29, 0.717) is 52.0 Å². The third-order valence-electron chi connectivity index (χ3n) is 4.39. The largest absolute Gasteiger partial charge is 0.492 e. The van der Waals surface area contributed by atoms with Crippen molar-refractivity contribution >= 4 is 56.4 Å². The number of nitrogens with one attached hydrogen (secondary N) is 3. The quantitative estimate of drug-likeness (QED) is 0.354. The summed E-state index contributed by atoms with van der Waals surface area (Å²) in [5.41, 5.74) is 1.87. The van der Waals surface area contributed by atoms with E-state index in [-0.39, 0.29) is 16.9 Å². The number of benzene rings is 2. The first kappa shape index (κ1) is 25.8. The lowest BCUT2D eigenvalue weighted by Crippen LogP contribution is -2.34. The molecule has 0 saturated heterocycles. The van der Waals surface area contributed by atoms with Crippen LogP contribution in [0.3, 0.4) is 0 Å². The van der Waals surface area contributed by atoms with E-state index < -0.39 is 0 Å². The van der Waals surface area contributed by atoms with Crippen LogP contribution in [0.1, 0.15) is 50.9 Å². The highest BCUT2D eigenvalue weighted by Crippen LogP contribution is 2.26. The van der Waals surface area contributed by atoms with Crippen molar-refractivity contribution in [3.05, 3.63) is 52.5 Å². The molecule has 0 spiro atoms. The Morgan fingerprint density at radius 3 is 2.16 bits per heavy atom. The number of amides is 2. The molecule has 2 amide bonds. The summed E-state index contributed by atoms with van der Waals surface area (Å²) in [6, 6.07) is 12.3. The van der Waals surface area contributed by atoms with E-state index in [4.69, 9.17) is 17.0 Å². The van der Waals surface area contributed by atoms with E-state index in [1.54, 1.807) is 42.5 Å². The molecule has 172 valence electrons. The summed E-state index contributed by atoms with van der Waals surface area (Å²) in [6.45, 7) is 8.90. The van der Waals surface area contributed by atoms with E-state index in [1.807, 2.05) is 13.8 Å². The maximum Gasteiger partial charge on any atom is 0.257 e. The van der Waals surface area contributed by atoms with Gasteiger partial charge in [0.1, 0.15) is 5.75 Å². The molecule has 0 atom stereocenters. The first-order valence-corrected chi connectivity index (χ1v) is 11.8. The Morgan fingerprint density at radius 1 is 0.969 bits per heavy atom. The number of halogens is 1. The minimum Gasteiger partial charge on any atom is -0.492 e. The summed E-state index contributed by atoms with van der Waals surface area (Å²) >= 11 is 8.71. The molecule has 0 aliphatic rings. The van der Waals surface area contributed by atoms with E-state index >= 15 is 0 Å². The zero-order valence-corrected chi connectivity index (χ0v) is 21.2. The van der Waals surface area contributed by atoms with Crippen molar-refractivity contribution in [2.45, 2.75) is 40.5 Å². The highest BCUT2D eigenvalue weighted by atomic mass is 79.9. The van der Waals surface area contributed by atoms with Crippen LogP contribution < -0.4 is 20.7 Å². The number of hydrogen-bond acceptors (Lipinski definition) is 4. The van der Waals surface area contributed by atoms with Gasteiger partial charge in [-0.2, -0.15) is 0 Å². The second-order valence-electron chi connectivity index (χ2n) is 8.31. The maximum absolute atomic E-state index is 12.5. The Hall–Kier alpha value is -2.45. The van der Waals surface area contributed by atoms with Gasteiger partial charge in [-0.25, -0.2) is 0 Å². The summed E-state index contributed by atoms with van der Waals surface area (Å²) in [6.07, 6.45) is 1.43. The molecule has 2 rings (SSSR count). The average molecular weight is 520 g/mol. The molecule has 3 N–H and O–H groups in total. The minimum absolute atomic E-state index is 0.0222. The molecular weight excluding hydrogens is 490 g/mol. The Kier molecular flexibility index (Phi) is 10.1. The number of thiocarbonyl (C=S) groups is 1. The zero-order valence-electron chi connectivity index (χ0n) is 18.8. The third kappa shape index (κ3) is 8.96. The molecule has 0 fully saturated rings. The predicted octanol–water partition coefficient (Wildman–Crippen LogP) is 5.99. The summed E-state index contributed by atoms with van der Waals surface area (Å²) in [5.74, 6) is 1.21. The second-order valence-corrected chi connectivity index (χ2v) is 9.57. The van der Waals surface area contributed by atoms with Crippen molar-refractivity contribution < 1.29 is 14.3 Å². The van der Waals surface area contributed by atoms with Crippen LogP contribution in [-0.2, 0) is 4.79 Å². The topological polar surface area (TPSA) is 79.5 Å². The SMILES string of the molecule is CC(C)CCOc1ccc(C(=O)NC(=S)Nc2ccc(NC(=O)CC(C)C)cc2)cc1Br. The lowest BCUT2D eigenvalue weighted by Gasteiger charge is -2.13. The minimum atomic E-state index is -0.325. The van der Waals surface area contributed by atoms with Gasteiger partial charge >= 0.3 is 0 Å². The van der Waals surface area contributed by atoms with Crippen LogP contribution in [0.25, 0.3) is 0 Å². The Labute approximate surface area is 203 Å². The van der Waals surface area contributed by atoms with Crippen LogP contribution in [0.5, 0.6) is 5.75 Å². The van der Waals surface area contributed by atoms with Gasteiger partial charge in [0.15, 0.2) is 5.11 Å². The van der Waals surface area contributed by atoms with E-state index in [9.17, 15) is 9.59 Å². The fraction of sp³-hybridized carbons (Fsp3) is 0.375. The molecule has 2 aromatic rings. The van der Waals surface area contributed by atoms with Gasteiger partial charge in [-0.05, 0) is 88.9 Å². The standard InChI is InChI=1S/C24H30BrN3O3S/c1-15(2)11-12-31-21-10-5-17(14-20(21)25)23(30)28-24(32)27-19-8-6-18(7-9-19)26-22(29)13-16(3)4/h5-10,14-16H,11-13H2,1-4H3,(H,26,29)(H2,27,28,30,32). The lowest BCUT2D eigenvalue weighted by molar-refractivity contribution is -0.116. The van der Waals surface area contributed by atoms with Gasteiger partial charge in [-0.15, -0.1) is 0 Å². The first-order valence-electron chi connectivity index (χ1n) is 10.6. The van der Waals surface area contributed by atoms with Crippen LogP contribution in [0.4, 0.5) is 11.4 Å². The molecule has 0 aliphatic heterocycles. The van der Waals surface area contributed by atoms with Gasteiger partial charge in [0.2, 0.25) is 5.91 Å². The maximum atomic E-state index is 12.5. The first-order chi connectivity index (χ1) is 15.1. The third-order valence-corrected chi connectivity index (χ3v) is 5.22. The van der Waals surface area contributed by atoms with Crippen molar-refractivity contribution in [1.82, 2.24) is 5.32 Å². The molecule has 8 heteroatoms. The van der Waals surface area contributed by atoms with Crippen molar-refractivity contribution in [2.24, 2.45) is 11.8 Å². The highest BCUT2D eigenvalue weighted by Gasteiger charge is 2.12. The van der Waals surface area contributed by atoms with Gasteiger partial charge in [0, 0.05) is 23.4 Å². The molecule has 6 nitrogen and oxygen atoms in total. The molecule has 0 unspecified atom stereocenters. The van der Waals surface area contributed by atoms with Gasteiger partial charge in [0.25, 0.3) is 5.91 Å². The van der Waals surface area contributed by atoms with Crippen LogP contribution in [0, 0.1) is 11.8 Å².